The van der Waals surface area contributed by atoms with Gasteiger partial charge in [0, 0.05) is 18.2 Å². The number of anilines is 1. The predicted octanol–water partition coefficient (Wildman–Crippen LogP) is 2.74. The van der Waals surface area contributed by atoms with E-state index in [2.05, 4.69) is 20.3 Å². The van der Waals surface area contributed by atoms with Crippen molar-refractivity contribution >= 4 is 11.7 Å². The third kappa shape index (κ3) is 3.70. The van der Waals surface area contributed by atoms with Crippen LogP contribution >= 0.6 is 0 Å². The van der Waals surface area contributed by atoms with E-state index in [1.54, 1.807) is 12.1 Å². The number of alkyl halides is 3. The van der Waals surface area contributed by atoms with E-state index in [0.29, 0.717) is 6.20 Å². The molecule has 132 valence electrons. The number of hydrogen-bond acceptors (Lipinski definition) is 5. The first kappa shape index (κ1) is 17.1. The van der Waals surface area contributed by atoms with Crippen LogP contribution in [0.3, 0.4) is 0 Å². The van der Waals surface area contributed by atoms with Crippen molar-refractivity contribution in [3.63, 3.8) is 0 Å². The molecule has 25 heavy (non-hydrogen) atoms. The van der Waals surface area contributed by atoms with Crippen molar-refractivity contribution in [2.45, 2.75) is 37.4 Å². The van der Waals surface area contributed by atoms with E-state index in [-0.39, 0.29) is 23.5 Å². The lowest BCUT2D eigenvalue weighted by atomic mass is 9.92. The molecule has 1 fully saturated rings. The normalized spacial score (nSPS) is 20.4. The monoisotopic (exact) mass is 351 g/mol. The number of carbonyl (C=O) groups is 1. The number of amides is 1. The molecule has 2 aromatic heterocycles. The number of aromatic nitrogens is 3. The van der Waals surface area contributed by atoms with Crippen molar-refractivity contribution in [2.75, 3.05) is 5.32 Å². The second-order valence-corrected chi connectivity index (χ2v) is 5.88. The van der Waals surface area contributed by atoms with Gasteiger partial charge in [-0.15, -0.1) is 0 Å². The highest BCUT2D eigenvalue weighted by atomic mass is 19.4. The second-order valence-electron chi connectivity index (χ2n) is 5.88. The van der Waals surface area contributed by atoms with Crippen LogP contribution in [0.25, 0.3) is 0 Å². The van der Waals surface area contributed by atoms with Crippen LogP contribution in [-0.2, 0) is 6.18 Å². The second kappa shape index (κ2) is 6.66. The van der Waals surface area contributed by atoms with Gasteiger partial charge in [0.25, 0.3) is 5.91 Å². The maximum atomic E-state index is 12.6. The third-order valence-electron chi connectivity index (χ3n) is 4.26. The summed E-state index contributed by atoms with van der Waals surface area (Å²) in [5.41, 5.74) is 5.31. The Hall–Kier alpha value is -2.71. The average Bonchev–Trinajstić information content (AvgIpc) is 3.02. The number of rotatable bonds is 4. The summed E-state index contributed by atoms with van der Waals surface area (Å²) < 4.78 is 37.7. The molecule has 1 saturated carbocycles. The van der Waals surface area contributed by atoms with Gasteiger partial charge in [0.05, 0.1) is 12.4 Å². The van der Waals surface area contributed by atoms with E-state index in [9.17, 15) is 18.0 Å². The van der Waals surface area contributed by atoms with Crippen LogP contribution in [0.5, 0.6) is 0 Å². The minimum atomic E-state index is -4.52. The van der Waals surface area contributed by atoms with Gasteiger partial charge in [-0.3, -0.25) is 9.78 Å². The lowest BCUT2D eigenvalue weighted by Gasteiger charge is -2.23. The molecule has 2 atom stereocenters. The van der Waals surface area contributed by atoms with Crippen LogP contribution in [0.2, 0.25) is 0 Å². The third-order valence-corrected chi connectivity index (χ3v) is 4.26. The number of nitrogens with one attached hydrogen (secondary N) is 1. The van der Waals surface area contributed by atoms with Gasteiger partial charge >= 0.3 is 6.18 Å². The Bertz CT molecular complexity index is 763. The molecule has 2 aromatic rings. The van der Waals surface area contributed by atoms with Gasteiger partial charge in [-0.1, -0.05) is 12.5 Å². The summed E-state index contributed by atoms with van der Waals surface area (Å²) in [6.45, 7) is 0. The minimum absolute atomic E-state index is 0.0275. The summed E-state index contributed by atoms with van der Waals surface area (Å²) in [5.74, 6) is -0.370. The van der Waals surface area contributed by atoms with Crippen molar-refractivity contribution in [1.82, 2.24) is 15.0 Å². The zero-order valence-electron chi connectivity index (χ0n) is 13.1. The smallest absolute Gasteiger partial charge is 0.365 e. The maximum absolute atomic E-state index is 12.6. The molecule has 0 unspecified atom stereocenters. The highest BCUT2D eigenvalue weighted by Gasteiger charge is 2.34. The quantitative estimate of drug-likeness (QED) is 0.883. The van der Waals surface area contributed by atoms with Crippen LogP contribution < -0.4 is 11.1 Å². The molecule has 1 aliphatic carbocycles. The van der Waals surface area contributed by atoms with E-state index in [0.717, 1.165) is 31.0 Å². The summed E-state index contributed by atoms with van der Waals surface area (Å²) in [6.07, 6.45) is 1.26. The van der Waals surface area contributed by atoms with Crippen molar-refractivity contribution in [1.29, 1.82) is 0 Å². The topological polar surface area (TPSA) is 93.8 Å². The number of hydrogen-bond donors (Lipinski definition) is 2. The van der Waals surface area contributed by atoms with Crippen LogP contribution in [0.1, 0.15) is 46.9 Å². The van der Waals surface area contributed by atoms with Crippen LogP contribution in [-0.4, -0.2) is 26.9 Å². The molecule has 2 heterocycles. The fourth-order valence-electron chi connectivity index (χ4n) is 3.17. The van der Waals surface area contributed by atoms with E-state index in [4.69, 9.17) is 5.73 Å². The first-order valence-corrected chi connectivity index (χ1v) is 7.77. The summed E-state index contributed by atoms with van der Waals surface area (Å²) in [4.78, 5) is 22.8. The Morgan fingerprint density at radius 3 is 2.64 bits per heavy atom. The number of carbonyl (C=O) groups excluding carboxylic acids is 1. The Labute approximate surface area is 141 Å². The molecular formula is C16H16F3N5O. The van der Waals surface area contributed by atoms with Crippen LogP contribution in [0.4, 0.5) is 19.0 Å². The summed E-state index contributed by atoms with van der Waals surface area (Å²) in [6, 6.07) is 3.44. The standard InChI is InChI=1S/C16H16F3N5O/c17-16(18,19)12-7-23-13(8-22-12)24-11-5-1-3-9(11)10-4-2-6-21-14(10)15(20)25/h2,4,6-9,11H,1,3,5H2,(H2,20,25)(H,23,24)/t9-,11-/m0/s1. The van der Waals surface area contributed by atoms with Crippen molar-refractivity contribution in [3.05, 3.63) is 47.7 Å². The SMILES string of the molecule is NC(=O)c1ncccc1[C@@H]1CCC[C@@H]1Nc1cnc(C(F)(F)F)cn1. The lowest BCUT2D eigenvalue weighted by Crippen LogP contribution is -2.26. The highest BCUT2D eigenvalue weighted by Crippen LogP contribution is 2.37. The summed E-state index contributed by atoms with van der Waals surface area (Å²) in [5, 5.41) is 3.11. The largest absolute Gasteiger partial charge is 0.434 e. The number of primary amides is 1. The number of nitrogens with zero attached hydrogens (tertiary/aromatic N) is 3. The van der Waals surface area contributed by atoms with E-state index < -0.39 is 17.8 Å². The van der Waals surface area contributed by atoms with Gasteiger partial charge < -0.3 is 11.1 Å². The first-order chi connectivity index (χ1) is 11.9. The van der Waals surface area contributed by atoms with Gasteiger partial charge in [0.2, 0.25) is 0 Å². The molecule has 1 amide bonds. The number of nitrogens with two attached hydrogens (primary N) is 1. The number of halogens is 3. The van der Waals surface area contributed by atoms with Gasteiger partial charge in [0.1, 0.15) is 11.5 Å². The molecule has 0 radical (unpaired) electrons. The van der Waals surface area contributed by atoms with E-state index in [1.807, 2.05) is 0 Å². The predicted molar refractivity (Wildman–Crippen MR) is 83.8 cm³/mol. The minimum Gasteiger partial charge on any atom is -0.365 e. The first-order valence-electron chi connectivity index (χ1n) is 7.77. The molecule has 0 saturated heterocycles. The fourth-order valence-corrected chi connectivity index (χ4v) is 3.17. The Kier molecular flexibility index (Phi) is 4.56. The van der Waals surface area contributed by atoms with Gasteiger partial charge in [0.15, 0.2) is 5.69 Å². The molecule has 3 rings (SSSR count). The number of pyridine rings is 1. The Balaban J connectivity index is 1.80. The van der Waals surface area contributed by atoms with Crippen LogP contribution in [0, 0.1) is 0 Å². The molecule has 0 bridgehead atoms. The van der Waals surface area contributed by atoms with Crippen molar-refractivity contribution < 1.29 is 18.0 Å². The fraction of sp³-hybridized carbons (Fsp3) is 0.375. The summed E-state index contributed by atoms with van der Waals surface area (Å²) >= 11 is 0. The van der Waals surface area contributed by atoms with Crippen molar-refractivity contribution in [3.8, 4) is 0 Å². The molecule has 1 aliphatic rings. The molecule has 0 spiro atoms. The molecule has 0 aromatic carbocycles. The molecular weight excluding hydrogens is 335 g/mol. The molecule has 3 N–H and O–H groups in total. The average molecular weight is 351 g/mol. The molecule has 9 heteroatoms. The van der Waals surface area contributed by atoms with Gasteiger partial charge in [-0.05, 0) is 24.5 Å². The molecule has 6 nitrogen and oxygen atoms in total. The van der Waals surface area contributed by atoms with Gasteiger partial charge in [-0.25, -0.2) is 9.97 Å². The lowest BCUT2D eigenvalue weighted by molar-refractivity contribution is -0.141. The zero-order valence-corrected chi connectivity index (χ0v) is 13.1. The van der Waals surface area contributed by atoms with Gasteiger partial charge in [-0.2, -0.15) is 13.2 Å². The zero-order chi connectivity index (χ0) is 18.0. The maximum Gasteiger partial charge on any atom is 0.434 e. The molecule has 0 aliphatic heterocycles. The Morgan fingerprint density at radius 1 is 1.20 bits per heavy atom. The Morgan fingerprint density at radius 2 is 2.00 bits per heavy atom. The summed E-state index contributed by atoms with van der Waals surface area (Å²) in [7, 11) is 0. The highest BCUT2D eigenvalue weighted by molar-refractivity contribution is 5.92. The van der Waals surface area contributed by atoms with E-state index >= 15 is 0 Å². The van der Waals surface area contributed by atoms with Crippen LogP contribution in [0.15, 0.2) is 30.7 Å². The van der Waals surface area contributed by atoms with Crippen molar-refractivity contribution in [2.24, 2.45) is 5.73 Å². The van der Waals surface area contributed by atoms with E-state index in [1.165, 1.54) is 6.20 Å².